The minimum Gasteiger partial charge on any atom is -0.481 e. The second-order valence-corrected chi connectivity index (χ2v) is 8.01. The molecular formula is C22H30N4O10. The third-order valence-electron chi connectivity index (χ3n) is 4.97. The number of carbonyl (C=O) groups excluding carboxylic acids is 3. The molecule has 1 aromatic rings. The Labute approximate surface area is 205 Å². The highest BCUT2D eigenvalue weighted by atomic mass is 16.4. The van der Waals surface area contributed by atoms with Crippen LogP contribution in [0.1, 0.15) is 31.7 Å². The van der Waals surface area contributed by atoms with Crippen LogP contribution in [0.5, 0.6) is 0 Å². The van der Waals surface area contributed by atoms with Gasteiger partial charge in [-0.2, -0.15) is 0 Å². The van der Waals surface area contributed by atoms with Gasteiger partial charge in [-0.1, -0.05) is 30.3 Å². The molecule has 5 unspecified atom stereocenters. The molecule has 0 saturated carbocycles. The van der Waals surface area contributed by atoms with Crippen LogP contribution in [0.15, 0.2) is 30.3 Å². The Bertz CT molecular complexity index is 953. The lowest BCUT2D eigenvalue weighted by molar-refractivity contribution is -0.146. The Morgan fingerprint density at radius 1 is 0.833 bits per heavy atom. The summed E-state index contributed by atoms with van der Waals surface area (Å²) in [6.45, 7) is 1.10. The van der Waals surface area contributed by atoms with Crippen LogP contribution in [-0.2, 0) is 35.2 Å². The van der Waals surface area contributed by atoms with Crippen molar-refractivity contribution in [3.8, 4) is 0 Å². The van der Waals surface area contributed by atoms with E-state index in [1.807, 2.05) is 5.32 Å². The fourth-order valence-corrected chi connectivity index (χ4v) is 3.07. The average Bonchev–Trinajstić information content (AvgIpc) is 2.79. The molecule has 0 spiro atoms. The van der Waals surface area contributed by atoms with Crippen LogP contribution in [0.4, 0.5) is 0 Å². The van der Waals surface area contributed by atoms with Gasteiger partial charge in [0.25, 0.3) is 0 Å². The van der Waals surface area contributed by atoms with Gasteiger partial charge < -0.3 is 42.1 Å². The second kappa shape index (κ2) is 14.4. The van der Waals surface area contributed by atoms with Gasteiger partial charge in [-0.25, -0.2) is 4.79 Å². The second-order valence-electron chi connectivity index (χ2n) is 8.01. The number of carboxylic acids is 3. The summed E-state index contributed by atoms with van der Waals surface area (Å²) in [5.74, 6) is -7.46. The monoisotopic (exact) mass is 510 g/mol. The molecule has 0 aromatic heterocycles. The smallest absolute Gasteiger partial charge is 0.328 e. The fraction of sp³-hybridized carbons (Fsp3) is 0.455. The van der Waals surface area contributed by atoms with Gasteiger partial charge in [-0.3, -0.25) is 24.0 Å². The SMILES string of the molecule is CC(O)C(NC(=O)C(CCC(=O)O)NC(=O)C(CC(=O)O)NC(=O)C(N)Cc1ccccc1)C(=O)O. The highest BCUT2D eigenvalue weighted by Crippen LogP contribution is 2.05. The van der Waals surface area contributed by atoms with Gasteiger partial charge in [-0.05, 0) is 25.3 Å². The minimum atomic E-state index is -1.76. The summed E-state index contributed by atoms with van der Waals surface area (Å²) in [5, 5.41) is 43.2. The van der Waals surface area contributed by atoms with Gasteiger partial charge in [0.1, 0.15) is 12.1 Å². The molecular weight excluding hydrogens is 480 g/mol. The number of aliphatic carboxylic acids is 3. The van der Waals surface area contributed by atoms with Crippen molar-refractivity contribution < 1.29 is 49.2 Å². The first-order valence-corrected chi connectivity index (χ1v) is 10.9. The predicted octanol–water partition coefficient (Wildman–Crippen LogP) is -2.18. The summed E-state index contributed by atoms with van der Waals surface area (Å²) in [6, 6.07) is 2.49. The number of carbonyl (C=O) groups is 6. The van der Waals surface area contributed by atoms with Crippen LogP contribution in [0.2, 0.25) is 0 Å². The molecule has 0 aliphatic rings. The quantitative estimate of drug-likeness (QED) is 0.126. The zero-order valence-corrected chi connectivity index (χ0v) is 19.4. The number of rotatable bonds is 15. The zero-order valence-electron chi connectivity index (χ0n) is 19.4. The molecule has 14 heteroatoms. The van der Waals surface area contributed by atoms with Gasteiger partial charge in [-0.15, -0.1) is 0 Å². The Morgan fingerprint density at radius 2 is 1.39 bits per heavy atom. The van der Waals surface area contributed by atoms with E-state index in [-0.39, 0.29) is 6.42 Å². The molecule has 14 nitrogen and oxygen atoms in total. The first-order chi connectivity index (χ1) is 16.8. The van der Waals surface area contributed by atoms with Crippen molar-refractivity contribution in [3.05, 3.63) is 35.9 Å². The fourth-order valence-electron chi connectivity index (χ4n) is 3.07. The molecule has 0 heterocycles. The zero-order chi connectivity index (χ0) is 27.4. The van der Waals surface area contributed by atoms with Crippen LogP contribution in [0.25, 0.3) is 0 Å². The van der Waals surface area contributed by atoms with Crippen molar-refractivity contribution >= 4 is 35.6 Å². The van der Waals surface area contributed by atoms with Crippen molar-refractivity contribution in [1.29, 1.82) is 0 Å². The van der Waals surface area contributed by atoms with Gasteiger partial charge >= 0.3 is 17.9 Å². The molecule has 0 aliphatic heterocycles. The predicted molar refractivity (Wildman–Crippen MR) is 122 cm³/mol. The van der Waals surface area contributed by atoms with Crippen LogP contribution in [0.3, 0.4) is 0 Å². The lowest BCUT2D eigenvalue weighted by Crippen LogP contribution is -2.58. The van der Waals surface area contributed by atoms with E-state index >= 15 is 0 Å². The number of amides is 3. The summed E-state index contributed by atoms with van der Waals surface area (Å²) in [7, 11) is 0. The summed E-state index contributed by atoms with van der Waals surface area (Å²) in [5.41, 5.74) is 6.59. The number of benzene rings is 1. The molecule has 0 fully saturated rings. The van der Waals surface area contributed by atoms with E-state index in [1.165, 1.54) is 0 Å². The Morgan fingerprint density at radius 3 is 1.89 bits per heavy atom. The van der Waals surface area contributed by atoms with E-state index in [4.69, 9.17) is 21.1 Å². The maximum Gasteiger partial charge on any atom is 0.328 e. The van der Waals surface area contributed by atoms with E-state index in [0.717, 1.165) is 12.5 Å². The van der Waals surface area contributed by atoms with Crippen LogP contribution < -0.4 is 21.7 Å². The molecule has 0 saturated heterocycles. The molecule has 0 radical (unpaired) electrons. The largest absolute Gasteiger partial charge is 0.481 e. The van der Waals surface area contributed by atoms with Crippen molar-refractivity contribution in [2.45, 2.75) is 62.9 Å². The molecule has 1 aromatic carbocycles. The molecule has 0 bridgehead atoms. The molecule has 1 rings (SSSR count). The first kappa shape index (κ1) is 30.0. The average molecular weight is 511 g/mol. The highest BCUT2D eigenvalue weighted by Gasteiger charge is 2.33. The number of hydrogen-bond acceptors (Lipinski definition) is 8. The Balaban J connectivity index is 3.00. The lowest BCUT2D eigenvalue weighted by Gasteiger charge is -2.25. The van der Waals surface area contributed by atoms with E-state index in [0.29, 0.717) is 0 Å². The van der Waals surface area contributed by atoms with E-state index in [1.54, 1.807) is 30.3 Å². The van der Waals surface area contributed by atoms with Crippen molar-refractivity contribution in [3.63, 3.8) is 0 Å². The highest BCUT2D eigenvalue weighted by molar-refractivity contribution is 5.95. The van der Waals surface area contributed by atoms with Gasteiger partial charge in [0.15, 0.2) is 6.04 Å². The third kappa shape index (κ3) is 10.5. The molecule has 0 aliphatic carbocycles. The summed E-state index contributed by atoms with van der Waals surface area (Å²) >= 11 is 0. The molecule has 5 atom stereocenters. The number of nitrogens with one attached hydrogen (secondary N) is 3. The third-order valence-corrected chi connectivity index (χ3v) is 4.97. The Hall–Kier alpha value is -4.04. The number of carboxylic acid groups (broad SMARTS) is 3. The van der Waals surface area contributed by atoms with Crippen LogP contribution >= 0.6 is 0 Å². The van der Waals surface area contributed by atoms with Crippen LogP contribution in [-0.4, -0.2) is 86.3 Å². The maximum atomic E-state index is 12.8. The number of nitrogens with two attached hydrogens (primary N) is 1. The normalized spacial score (nSPS) is 14.9. The van der Waals surface area contributed by atoms with Crippen LogP contribution in [0, 0.1) is 0 Å². The van der Waals surface area contributed by atoms with Crippen molar-refractivity contribution in [2.24, 2.45) is 5.73 Å². The molecule has 36 heavy (non-hydrogen) atoms. The summed E-state index contributed by atoms with van der Waals surface area (Å²) in [6.07, 6.45) is -3.40. The van der Waals surface area contributed by atoms with E-state index in [2.05, 4.69) is 10.6 Å². The van der Waals surface area contributed by atoms with Gasteiger partial charge in [0.05, 0.1) is 18.6 Å². The summed E-state index contributed by atoms with van der Waals surface area (Å²) in [4.78, 5) is 71.4. The summed E-state index contributed by atoms with van der Waals surface area (Å²) < 4.78 is 0. The first-order valence-electron chi connectivity index (χ1n) is 10.9. The maximum absolute atomic E-state index is 12.8. The Kier molecular flexibility index (Phi) is 12.0. The van der Waals surface area contributed by atoms with Crippen molar-refractivity contribution in [1.82, 2.24) is 16.0 Å². The molecule has 3 amide bonds. The van der Waals surface area contributed by atoms with E-state index < -0.39 is 85.2 Å². The van der Waals surface area contributed by atoms with E-state index in [9.17, 15) is 33.9 Å². The molecule has 198 valence electrons. The number of hydrogen-bond donors (Lipinski definition) is 8. The minimum absolute atomic E-state index is 0.0909. The standard InChI is InChI=1S/C22H30N4O10/c1-11(27)18(22(35)36)26-20(33)14(7-8-16(28)29)24-21(34)15(10-17(30)31)25-19(32)13(23)9-12-5-3-2-4-6-12/h2-6,11,13-15,18,27H,7-10,23H2,1H3,(H,24,34)(H,25,32)(H,26,33)(H,28,29)(H,30,31)(H,35,36). The number of aliphatic hydroxyl groups excluding tert-OH is 1. The molecule has 9 N–H and O–H groups in total. The van der Waals surface area contributed by atoms with Gasteiger partial charge in [0, 0.05) is 6.42 Å². The number of aliphatic hydroxyl groups is 1. The lowest BCUT2D eigenvalue weighted by atomic mass is 10.0. The van der Waals surface area contributed by atoms with Crippen molar-refractivity contribution in [2.75, 3.05) is 0 Å². The van der Waals surface area contributed by atoms with Gasteiger partial charge in [0.2, 0.25) is 17.7 Å². The topological polar surface area (TPSA) is 245 Å².